The van der Waals surface area contributed by atoms with Crippen molar-refractivity contribution in [3.05, 3.63) is 29.8 Å². The molecule has 1 aliphatic carbocycles. The highest BCUT2D eigenvalue weighted by molar-refractivity contribution is 6.58. The van der Waals surface area contributed by atoms with E-state index in [-0.39, 0.29) is 0 Å². The van der Waals surface area contributed by atoms with Gasteiger partial charge in [0.25, 0.3) is 0 Å². The second kappa shape index (κ2) is 6.29. The van der Waals surface area contributed by atoms with Crippen LogP contribution in [0, 0.1) is 11.3 Å². The lowest BCUT2D eigenvalue weighted by atomic mass is 9.71. The zero-order chi connectivity index (χ0) is 14.8. The molecule has 0 spiro atoms. The van der Waals surface area contributed by atoms with Crippen LogP contribution in [0.3, 0.4) is 0 Å². The van der Waals surface area contributed by atoms with Gasteiger partial charge < -0.3 is 14.8 Å². The van der Waals surface area contributed by atoms with E-state index in [2.05, 4.69) is 20.8 Å². The van der Waals surface area contributed by atoms with E-state index in [0.29, 0.717) is 23.6 Å². The van der Waals surface area contributed by atoms with Crippen LogP contribution in [0.25, 0.3) is 0 Å². The van der Waals surface area contributed by atoms with Crippen LogP contribution in [-0.2, 0) is 11.3 Å². The minimum absolute atomic E-state index is 0.330. The molecule has 2 N–H and O–H groups in total. The van der Waals surface area contributed by atoms with Crippen LogP contribution < -0.4 is 5.46 Å². The molecule has 1 aliphatic rings. The third-order valence-electron chi connectivity index (χ3n) is 4.11. The lowest BCUT2D eigenvalue weighted by Crippen LogP contribution is -2.32. The quantitative estimate of drug-likeness (QED) is 0.828. The molecular formula is C16H25BO3. The van der Waals surface area contributed by atoms with Crippen molar-refractivity contribution in [1.82, 2.24) is 0 Å². The molecule has 0 bridgehead atoms. The van der Waals surface area contributed by atoms with E-state index in [1.54, 1.807) is 12.1 Å². The predicted octanol–water partition coefficient (Wildman–Crippen LogP) is 2.10. The molecule has 1 fully saturated rings. The maximum atomic E-state index is 9.06. The van der Waals surface area contributed by atoms with Gasteiger partial charge in [-0.15, -0.1) is 0 Å². The number of benzene rings is 1. The van der Waals surface area contributed by atoms with Crippen molar-refractivity contribution in [1.29, 1.82) is 0 Å². The van der Waals surface area contributed by atoms with Crippen molar-refractivity contribution < 1.29 is 14.8 Å². The van der Waals surface area contributed by atoms with Gasteiger partial charge in [0.15, 0.2) is 0 Å². The Labute approximate surface area is 122 Å². The van der Waals surface area contributed by atoms with Crippen molar-refractivity contribution in [2.75, 3.05) is 0 Å². The largest absolute Gasteiger partial charge is 0.488 e. The summed E-state index contributed by atoms with van der Waals surface area (Å²) in [5.74, 6) is 0.718. The van der Waals surface area contributed by atoms with E-state index in [1.165, 1.54) is 6.42 Å². The lowest BCUT2D eigenvalue weighted by Gasteiger charge is -2.38. The highest BCUT2D eigenvalue weighted by Crippen LogP contribution is 2.39. The number of hydrogen-bond acceptors (Lipinski definition) is 3. The van der Waals surface area contributed by atoms with E-state index in [0.717, 1.165) is 24.3 Å². The summed E-state index contributed by atoms with van der Waals surface area (Å²) in [5.41, 5.74) is 1.96. The Morgan fingerprint density at radius 2 is 1.85 bits per heavy atom. The van der Waals surface area contributed by atoms with Gasteiger partial charge in [0, 0.05) is 0 Å². The molecule has 0 radical (unpaired) electrons. The average Bonchev–Trinajstić information content (AvgIpc) is 2.34. The summed E-state index contributed by atoms with van der Waals surface area (Å²) in [6.07, 6.45) is 3.86. The predicted molar refractivity (Wildman–Crippen MR) is 81.6 cm³/mol. The topological polar surface area (TPSA) is 49.7 Å². The first kappa shape index (κ1) is 15.6. The summed E-state index contributed by atoms with van der Waals surface area (Å²) in [5, 5.41) is 18.1. The van der Waals surface area contributed by atoms with Gasteiger partial charge in [-0.05, 0) is 41.6 Å². The SMILES string of the molecule is CC1CC(OCc2ccc(B(O)O)cc2)CC(C)(C)C1. The molecule has 20 heavy (non-hydrogen) atoms. The molecule has 1 aromatic rings. The van der Waals surface area contributed by atoms with E-state index in [9.17, 15) is 0 Å². The minimum atomic E-state index is -1.40. The standard InChI is InChI=1S/C16H25BO3/c1-12-8-15(10-16(2,3)9-12)20-11-13-4-6-14(7-5-13)17(18)19/h4-7,12,15,18-19H,8-11H2,1-3H3. The Kier molecular flexibility index (Phi) is 4.89. The van der Waals surface area contributed by atoms with Gasteiger partial charge >= 0.3 is 7.12 Å². The van der Waals surface area contributed by atoms with Crippen LogP contribution in [0.1, 0.15) is 45.6 Å². The van der Waals surface area contributed by atoms with Crippen molar-refractivity contribution in [2.24, 2.45) is 11.3 Å². The van der Waals surface area contributed by atoms with Gasteiger partial charge in [0.05, 0.1) is 12.7 Å². The van der Waals surface area contributed by atoms with Crippen LogP contribution in [0.5, 0.6) is 0 Å². The molecular weight excluding hydrogens is 251 g/mol. The molecule has 2 rings (SSSR count). The zero-order valence-electron chi connectivity index (χ0n) is 12.7. The highest BCUT2D eigenvalue weighted by atomic mass is 16.5. The molecule has 0 saturated heterocycles. The Bertz CT molecular complexity index is 428. The zero-order valence-corrected chi connectivity index (χ0v) is 12.7. The summed E-state index contributed by atoms with van der Waals surface area (Å²) in [6, 6.07) is 7.26. The first-order chi connectivity index (χ1) is 9.35. The van der Waals surface area contributed by atoms with Crippen LogP contribution in [0.15, 0.2) is 24.3 Å². The second-order valence-electron chi connectivity index (χ2n) is 6.96. The Morgan fingerprint density at radius 1 is 1.20 bits per heavy atom. The fourth-order valence-corrected chi connectivity index (χ4v) is 3.39. The second-order valence-corrected chi connectivity index (χ2v) is 6.96. The van der Waals surface area contributed by atoms with Gasteiger partial charge in [0.2, 0.25) is 0 Å². The summed E-state index contributed by atoms with van der Waals surface area (Å²) in [7, 11) is -1.40. The number of rotatable bonds is 4. The molecule has 110 valence electrons. The molecule has 4 heteroatoms. The fraction of sp³-hybridized carbons (Fsp3) is 0.625. The molecule has 0 aliphatic heterocycles. The van der Waals surface area contributed by atoms with Crippen LogP contribution in [-0.4, -0.2) is 23.3 Å². The van der Waals surface area contributed by atoms with Gasteiger partial charge in [0.1, 0.15) is 0 Å². The number of ether oxygens (including phenoxy) is 1. The third kappa shape index (κ3) is 4.34. The van der Waals surface area contributed by atoms with E-state index in [1.807, 2.05) is 12.1 Å². The van der Waals surface area contributed by atoms with Gasteiger partial charge in [-0.1, -0.05) is 45.0 Å². The van der Waals surface area contributed by atoms with Crippen LogP contribution in [0.4, 0.5) is 0 Å². The maximum absolute atomic E-state index is 9.06. The fourth-order valence-electron chi connectivity index (χ4n) is 3.39. The van der Waals surface area contributed by atoms with Crippen LogP contribution >= 0.6 is 0 Å². The van der Waals surface area contributed by atoms with Crippen molar-refractivity contribution in [3.8, 4) is 0 Å². The monoisotopic (exact) mass is 276 g/mol. The summed E-state index contributed by atoms with van der Waals surface area (Å²) in [6.45, 7) is 7.52. The summed E-state index contributed by atoms with van der Waals surface area (Å²) >= 11 is 0. The summed E-state index contributed by atoms with van der Waals surface area (Å²) in [4.78, 5) is 0. The van der Waals surface area contributed by atoms with E-state index >= 15 is 0 Å². The van der Waals surface area contributed by atoms with Crippen molar-refractivity contribution >= 4 is 12.6 Å². The highest BCUT2D eigenvalue weighted by Gasteiger charge is 2.32. The molecule has 0 heterocycles. The lowest BCUT2D eigenvalue weighted by molar-refractivity contribution is -0.0316. The molecule has 3 nitrogen and oxygen atoms in total. The minimum Gasteiger partial charge on any atom is -0.423 e. The average molecular weight is 276 g/mol. The molecule has 2 atom stereocenters. The van der Waals surface area contributed by atoms with Gasteiger partial charge in [-0.3, -0.25) is 0 Å². The van der Waals surface area contributed by atoms with Crippen LogP contribution in [0.2, 0.25) is 0 Å². The molecule has 0 amide bonds. The van der Waals surface area contributed by atoms with Crippen molar-refractivity contribution in [2.45, 2.75) is 52.7 Å². The Balaban J connectivity index is 1.88. The van der Waals surface area contributed by atoms with Gasteiger partial charge in [-0.25, -0.2) is 0 Å². The Hall–Kier alpha value is -0.835. The maximum Gasteiger partial charge on any atom is 0.488 e. The van der Waals surface area contributed by atoms with E-state index in [4.69, 9.17) is 14.8 Å². The summed E-state index contributed by atoms with van der Waals surface area (Å²) < 4.78 is 6.05. The van der Waals surface area contributed by atoms with Crippen molar-refractivity contribution in [3.63, 3.8) is 0 Å². The molecule has 2 unspecified atom stereocenters. The first-order valence-corrected chi connectivity index (χ1v) is 7.42. The smallest absolute Gasteiger partial charge is 0.423 e. The molecule has 0 aromatic heterocycles. The molecule has 1 saturated carbocycles. The third-order valence-corrected chi connectivity index (χ3v) is 4.11. The Morgan fingerprint density at radius 3 is 2.40 bits per heavy atom. The normalized spacial score (nSPS) is 25.4. The number of hydrogen-bond donors (Lipinski definition) is 2. The van der Waals surface area contributed by atoms with Gasteiger partial charge in [-0.2, -0.15) is 0 Å². The van der Waals surface area contributed by atoms with E-state index < -0.39 is 7.12 Å². The first-order valence-electron chi connectivity index (χ1n) is 7.42. The molecule has 1 aromatic carbocycles.